The molecule has 0 spiro atoms. The second-order valence-corrected chi connectivity index (χ2v) is 10.6. The molecule has 0 unspecified atom stereocenters. The molecule has 0 saturated heterocycles. The molecule has 0 aliphatic heterocycles. The molecule has 2 aromatic heterocycles. The van der Waals surface area contributed by atoms with E-state index in [0.717, 1.165) is 23.2 Å². The van der Waals surface area contributed by atoms with E-state index < -0.39 is 0 Å². The minimum atomic E-state index is -0.310. The molecule has 0 fully saturated rings. The smallest absolute Gasteiger partial charge is 0.259 e. The maximum Gasteiger partial charge on any atom is 0.259 e. The molecule has 6 aromatic rings. The van der Waals surface area contributed by atoms with Crippen molar-refractivity contribution in [3.05, 3.63) is 136 Å². The van der Waals surface area contributed by atoms with Crippen molar-refractivity contribution in [1.29, 1.82) is 5.26 Å². The third kappa shape index (κ3) is 6.64. The summed E-state index contributed by atoms with van der Waals surface area (Å²) in [6, 6.07) is 32.1. The van der Waals surface area contributed by atoms with Gasteiger partial charge >= 0.3 is 0 Å². The van der Waals surface area contributed by atoms with Crippen LogP contribution in [0.2, 0.25) is 5.02 Å². The van der Waals surface area contributed by atoms with Crippen LogP contribution in [-0.4, -0.2) is 26.4 Å². The summed E-state index contributed by atoms with van der Waals surface area (Å²) < 4.78 is 13.4. The number of rotatable bonds is 10. The highest BCUT2D eigenvalue weighted by Crippen LogP contribution is 2.30. The molecular formula is C36H28ClN5O3. The van der Waals surface area contributed by atoms with E-state index in [-0.39, 0.29) is 17.0 Å². The molecule has 8 nitrogen and oxygen atoms in total. The van der Waals surface area contributed by atoms with Gasteiger partial charge in [0.1, 0.15) is 24.2 Å². The van der Waals surface area contributed by atoms with Crippen LogP contribution in [0.15, 0.2) is 108 Å². The summed E-state index contributed by atoms with van der Waals surface area (Å²) in [6.07, 6.45) is 4.45. The quantitative estimate of drug-likeness (QED) is 0.158. The largest absolute Gasteiger partial charge is 0.492 e. The van der Waals surface area contributed by atoms with E-state index in [4.69, 9.17) is 26.2 Å². The number of fused-ring (bicyclic) bond motifs is 1. The zero-order valence-electron chi connectivity index (χ0n) is 24.4. The van der Waals surface area contributed by atoms with Gasteiger partial charge in [0.2, 0.25) is 0 Å². The molecule has 2 heterocycles. The van der Waals surface area contributed by atoms with Crippen molar-refractivity contribution in [3.63, 3.8) is 0 Å². The molecule has 0 aliphatic rings. The van der Waals surface area contributed by atoms with Gasteiger partial charge in [0.05, 0.1) is 39.5 Å². The maximum absolute atomic E-state index is 12.7. The lowest BCUT2D eigenvalue weighted by Crippen LogP contribution is -2.11. The number of halogens is 1. The highest BCUT2D eigenvalue weighted by molar-refractivity contribution is 6.32. The number of hydrogen-bond acceptors (Lipinski definition) is 6. The fraction of sp³-hybridized carbons (Fsp3) is 0.111. The number of aromatic amines is 1. The van der Waals surface area contributed by atoms with Gasteiger partial charge in [0.15, 0.2) is 5.82 Å². The van der Waals surface area contributed by atoms with Crippen LogP contribution in [0.25, 0.3) is 39.5 Å². The number of para-hydroxylation sites is 2. The van der Waals surface area contributed by atoms with E-state index in [2.05, 4.69) is 16.0 Å². The van der Waals surface area contributed by atoms with Gasteiger partial charge in [-0.1, -0.05) is 54.9 Å². The van der Waals surface area contributed by atoms with Gasteiger partial charge in [0, 0.05) is 17.3 Å². The second kappa shape index (κ2) is 13.3. The van der Waals surface area contributed by atoms with Crippen molar-refractivity contribution >= 4 is 34.2 Å². The van der Waals surface area contributed by atoms with Crippen LogP contribution in [0, 0.1) is 11.3 Å². The highest BCUT2D eigenvalue weighted by Gasteiger charge is 2.15. The number of nitriles is 1. The average molecular weight is 614 g/mol. The third-order valence-electron chi connectivity index (χ3n) is 7.04. The number of aromatic nitrogens is 4. The Bertz CT molecular complexity index is 2090. The van der Waals surface area contributed by atoms with Crippen LogP contribution in [-0.2, 0) is 6.61 Å². The first-order chi connectivity index (χ1) is 22.0. The standard InChI is InChI=1S/C36H28ClN5O3/c1-2-18-44-33-17-12-24(19-31(33)37)23-45-29-15-13-25(14-16-29)34-27(22-42(41-34)28-8-4-3-5-9-28)20-26(21-38)35-39-32-11-7-6-10-30(32)36(43)40-35/h3-17,19-20,22H,2,18,23H2,1H3,(H,39,40,43). The van der Waals surface area contributed by atoms with Crippen molar-refractivity contribution in [2.75, 3.05) is 6.61 Å². The summed E-state index contributed by atoms with van der Waals surface area (Å²) in [4.78, 5) is 20.0. The molecule has 0 aliphatic carbocycles. The Hall–Kier alpha value is -5.65. The molecule has 0 bridgehead atoms. The number of hydrogen-bond donors (Lipinski definition) is 1. The fourth-order valence-corrected chi connectivity index (χ4v) is 5.05. The molecule has 222 valence electrons. The molecule has 0 atom stereocenters. The third-order valence-corrected chi connectivity index (χ3v) is 7.34. The number of H-pyrrole nitrogens is 1. The van der Waals surface area contributed by atoms with E-state index in [1.165, 1.54) is 0 Å². The van der Waals surface area contributed by atoms with E-state index in [9.17, 15) is 10.1 Å². The van der Waals surface area contributed by atoms with Crippen molar-refractivity contribution in [3.8, 4) is 34.5 Å². The number of allylic oxidation sites excluding steroid dienone is 1. The molecule has 9 heteroatoms. The molecule has 6 rings (SSSR count). The molecule has 0 radical (unpaired) electrons. The number of nitrogens with zero attached hydrogens (tertiary/aromatic N) is 4. The van der Waals surface area contributed by atoms with Gasteiger partial charge in [-0.15, -0.1) is 0 Å². The Balaban J connectivity index is 1.30. The lowest BCUT2D eigenvalue weighted by molar-refractivity contribution is 0.304. The Morgan fingerprint density at radius 2 is 1.78 bits per heavy atom. The SMILES string of the molecule is CCCOc1ccc(COc2ccc(-c3nn(-c4ccccc4)cc3C=C(C#N)c3nc4ccccc4c(=O)[nH]3)cc2)cc1Cl. The first-order valence-corrected chi connectivity index (χ1v) is 14.8. The molecule has 45 heavy (non-hydrogen) atoms. The fourth-order valence-electron chi connectivity index (χ4n) is 4.79. The van der Waals surface area contributed by atoms with Crippen molar-refractivity contribution in [2.45, 2.75) is 20.0 Å². The van der Waals surface area contributed by atoms with Gasteiger partial charge in [-0.2, -0.15) is 10.4 Å². The van der Waals surface area contributed by atoms with Gasteiger partial charge in [-0.3, -0.25) is 4.79 Å². The summed E-state index contributed by atoms with van der Waals surface area (Å²) in [6.45, 7) is 3.00. The van der Waals surface area contributed by atoms with Crippen molar-refractivity contribution < 1.29 is 9.47 Å². The second-order valence-electron chi connectivity index (χ2n) is 10.2. The van der Waals surface area contributed by atoms with E-state index in [0.29, 0.717) is 51.9 Å². The van der Waals surface area contributed by atoms with Crippen molar-refractivity contribution in [2.24, 2.45) is 0 Å². The van der Waals surface area contributed by atoms with Gasteiger partial charge in [-0.05, 0) is 78.7 Å². The zero-order valence-corrected chi connectivity index (χ0v) is 25.2. The number of ether oxygens (including phenoxy) is 2. The minimum Gasteiger partial charge on any atom is -0.492 e. The minimum absolute atomic E-state index is 0.188. The Morgan fingerprint density at radius 1 is 1.00 bits per heavy atom. The van der Waals surface area contributed by atoms with Gasteiger partial charge < -0.3 is 14.5 Å². The molecule has 1 N–H and O–H groups in total. The Labute approximate surface area is 264 Å². The number of benzene rings is 4. The van der Waals surface area contributed by atoms with Crippen molar-refractivity contribution in [1.82, 2.24) is 19.7 Å². The van der Waals surface area contributed by atoms with Crippen LogP contribution < -0.4 is 15.0 Å². The first kappa shape index (κ1) is 29.4. The van der Waals surface area contributed by atoms with Crippen LogP contribution in [0.1, 0.15) is 30.3 Å². The predicted molar refractivity (Wildman–Crippen MR) is 176 cm³/mol. The summed E-state index contributed by atoms with van der Waals surface area (Å²) in [7, 11) is 0. The van der Waals surface area contributed by atoms with E-state index in [1.54, 1.807) is 35.0 Å². The van der Waals surface area contributed by atoms with E-state index in [1.807, 2.05) is 85.9 Å². The Morgan fingerprint density at radius 3 is 2.53 bits per heavy atom. The van der Waals surface area contributed by atoms with Crippen LogP contribution in [0.4, 0.5) is 0 Å². The lowest BCUT2D eigenvalue weighted by Gasteiger charge is -2.10. The number of nitrogens with one attached hydrogen (secondary N) is 1. The predicted octanol–water partition coefficient (Wildman–Crippen LogP) is 7.86. The summed E-state index contributed by atoms with van der Waals surface area (Å²) in [5.41, 5.74) is 4.34. The zero-order chi connectivity index (χ0) is 31.2. The van der Waals surface area contributed by atoms with E-state index >= 15 is 0 Å². The topological polar surface area (TPSA) is 106 Å². The summed E-state index contributed by atoms with van der Waals surface area (Å²) >= 11 is 6.38. The maximum atomic E-state index is 12.7. The lowest BCUT2D eigenvalue weighted by atomic mass is 10.1. The average Bonchev–Trinajstić information content (AvgIpc) is 3.50. The van der Waals surface area contributed by atoms with Crippen LogP contribution in [0.5, 0.6) is 11.5 Å². The normalized spacial score (nSPS) is 11.4. The van der Waals surface area contributed by atoms with Gasteiger partial charge in [0.25, 0.3) is 5.56 Å². The first-order valence-electron chi connectivity index (χ1n) is 14.4. The van der Waals surface area contributed by atoms with Crippen LogP contribution >= 0.6 is 11.6 Å². The molecule has 0 amide bonds. The highest BCUT2D eigenvalue weighted by atomic mass is 35.5. The van der Waals surface area contributed by atoms with Gasteiger partial charge in [-0.25, -0.2) is 9.67 Å². The molecular weight excluding hydrogens is 586 g/mol. The summed E-state index contributed by atoms with van der Waals surface area (Å²) in [5.74, 6) is 1.53. The van der Waals surface area contributed by atoms with Crippen LogP contribution in [0.3, 0.4) is 0 Å². The molecule has 4 aromatic carbocycles. The summed E-state index contributed by atoms with van der Waals surface area (Å²) in [5, 5.41) is 16.0. The Kier molecular flexibility index (Phi) is 8.72. The molecule has 0 saturated carbocycles. The monoisotopic (exact) mass is 613 g/mol.